The second-order valence-electron chi connectivity index (χ2n) is 9.26. The molecule has 0 spiro atoms. The number of amides is 2. The Bertz CT molecular complexity index is 1880. The summed E-state index contributed by atoms with van der Waals surface area (Å²) in [7, 11) is -8.56. The standard InChI is InChI=1S/C22H22N8O11P2S4/c1-3-40-26-13(16-25-21(47-28-16)27-42(35,36)41-43(37,38)39)17(31)24-14-18(32)30-15(20(33)34)12(9-44-19(14)30)46-22-23-11(8-45-22)10-4-6-29(2)7-5-10/h4-8,14,19H,3,9H2,1-2H3,(H5-,24,25,27,28,31,33,34,35,36,37,38,39)/b26-13-/t14-,19?/m1/s1. The summed E-state index contributed by atoms with van der Waals surface area (Å²) in [4.78, 5) is 80.7. The highest BCUT2D eigenvalue weighted by molar-refractivity contribution is 8.07. The third-order valence-electron chi connectivity index (χ3n) is 5.97. The van der Waals surface area contributed by atoms with Gasteiger partial charge in [0, 0.05) is 45.3 Å². The molecule has 47 heavy (non-hydrogen) atoms. The summed E-state index contributed by atoms with van der Waals surface area (Å²) in [5.74, 6) is -3.56. The van der Waals surface area contributed by atoms with Crippen molar-refractivity contribution in [1.29, 1.82) is 0 Å². The van der Waals surface area contributed by atoms with Crippen LogP contribution in [0.5, 0.6) is 0 Å². The van der Waals surface area contributed by atoms with E-state index in [4.69, 9.17) is 14.6 Å². The number of hydrogen-bond acceptors (Lipinski definition) is 16. The van der Waals surface area contributed by atoms with Crippen molar-refractivity contribution in [2.45, 2.75) is 22.7 Å². The predicted molar refractivity (Wildman–Crippen MR) is 166 cm³/mol. The number of thiazole rings is 1. The Hall–Kier alpha value is -3.24. The zero-order chi connectivity index (χ0) is 34.1. The van der Waals surface area contributed by atoms with Gasteiger partial charge in [0.1, 0.15) is 25.1 Å². The van der Waals surface area contributed by atoms with E-state index in [0.717, 1.165) is 22.2 Å². The molecule has 2 aliphatic heterocycles. The van der Waals surface area contributed by atoms with Crippen LogP contribution in [0.2, 0.25) is 0 Å². The second-order valence-corrected chi connectivity index (χ2v) is 16.2. The normalized spacial score (nSPS) is 19.5. The average Bonchev–Trinajstić information content (AvgIpc) is 3.64. The number of fused-ring (bicyclic) bond motifs is 1. The van der Waals surface area contributed by atoms with Crippen molar-refractivity contribution >= 4 is 90.6 Å². The van der Waals surface area contributed by atoms with E-state index < -0.39 is 61.4 Å². The quantitative estimate of drug-likeness (QED) is 0.0504. The first kappa shape index (κ1) is 35.1. The third kappa shape index (κ3) is 8.26. The van der Waals surface area contributed by atoms with Gasteiger partial charge in [-0.3, -0.25) is 19.6 Å². The molecule has 2 amide bonds. The van der Waals surface area contributed by atoms with Gasteiger partial charge in [-0.25, -0.2) is 18.7 Å². The molecular weight excluding hydrogens is 743 g/mol. The van der Waals surface area contributed by atoms with Crippen LogP contribution in [0, 0.1) is 0 Å². The fraction of sp³-hybridized carbons (Fsp3) is 0.273. The molecule has 3 atom stereocenters. The molecule has 5 rings (SSSR count). The SMILES string of the molecule is CCO/N=C(\C(=O)N[C@@H]1C(=O)N2C(C(=O)[O-])=C(Sc3nc(-c4cc[n+](C)cc4)cs3)CSC12)c1nsc(NP(=O)(O)OP(=O)(O)O)n1. The summed E-state index contributed by atoms with van der Waals surface area (Å²) in [5, 5.41) is 20.7. The molecule has 0 radical (unpaired) electrons. The van der Waals surface area contributed by atoms with Crippen LogP contribution in [-0.4, -0.2) is 81.2 Å². The Morgan fingerprint density at radius 2 is 1.98 bits per heavy atom. The fourth-order valence-corrected chi connectivity index (χ4v) is 10.0. The van der Waals surface area contributed by atoms with E-state index in [2.05, 4.69) is 29.1 Å². The van der Waals surface area contributed by atoms with Gasteiger partial charge in [-0.05, 0) is 6.92 Å². The molecule has 3 aromatic heterocycles. The molecule has 25 heteroatoms. The van der Waals surface area contributed by atoms with E-state index in [-0.39, 0.29) is 18.1 Å². The maximum atomic E-state index is 13.2. The van der Waals surface area contributed by atoms with Crippen LogP contribution in [0.15, 0.2) is 50.0 Å². The lowest BCUT2D eigenvalue weighted by Gasteiger charge is -2.50. The van der Waals surface area contributed by atoms with Crippen LogP contribution in [0.4, 0.5) is 5.13 Å². The van der Waals surface area contributed by atoms with E-state index in [9.17, 15) is 33.5 Å². The van der Waals surface area contributed by atoms with Crippen molar-refractivity contribution in [2.24, 2.45) is 12.2 Å². The molecule has 0 saturated carbocycles. The number of carbonyl (C=O) groups is 3. The predicted octanol–water partition coefficient (Wildman–Crippen LogP) is 0.00200. The van der Waals surface area contributed by atoms with E-state index in [1.807, 2.05) is 41.5 Å². The minimum Gasteiger partial charge on any atom is -0.543 e. The molecule has 0 aliphatic carbocycles. The van der Waals surface area contributed by atoms with Gasteiger partial charge in [0.05, 0.1) is 17.4 Å². The number of nitrogens with zero attached hydrogens (tertiary/aromatic N) is 6. The molecule has 3 aromatic rings. The largest absolute Gasteiger partial charge is 0.543 e. The Morgan fingerprint density at radius 1 is 1.26 bits per heavy atom. The molecule has 19 nitrogen and oxygen atoms in total. The Morgan fingerprint density at radius 3 is 2.64 bits per heavy atom. The van der Waals surface area contributed by atoms with Crippen molar-refractivity contribution in [3.05, 3.63) is 46.3 Å². The van der Waals surface area contributed by atoms with Crippen molar-refractivity contribution in [2.75, 3.05) is 17.4 Å². The van der Waals surface area contributed by atoms with Gasteiger partial charge in [-0.15, -0.1) is 23.1 Å². The summed E-state index contributed by atoms with van der Waals surface area (Å²) in [6.07, 6.45) is 3.75. The number of aryl methyl sites for hydroxylation is 1. The molecule has 250 valence electrons. The molecule has 5 N–H and O–H groups in total. The number of carbonyl (C=O) groups excluding carboxylic acids is 3. The number of aromatic nitrogens is 4. The second kappa shape index (κ2) is 14.1. The van der Waals surface area contributed by atoms with Crippen LogP contribution in [-0.2, 0) is 39.7 Å². The molecule has 1 saturated heterocycles. The summed E-state index contributed by atoms with van der Waals surface area (Å²) < 4.78 is 33.0. The highest BCUT2D eigenvalue weighted by atomic mass is 32.2. The first-order valence-corrected chi connectivity index (χ1v) is 19.5. The Labute approximate surface area is 281 Å². The molecule has 0 aromatic carbocycles. The lowest BCUT2D eigenvalue weighted by molar-refractivity contribution is -0.671. The zero-order valence-electron chi connectivity index (χ0n) is 23.8. The van der Waals surface area contributed by atoms with Gasteiger partial charge >= 0.3 is 15.6 Å². The van der Waals surface area contributed by atoms with Crippen molar-refractivity contribution in [3.63, 3.8) is 0 Å². The highest BCUT2D eigenvalue weighted by Gasteiger charge is 2.53. The maximum Gasteiger partial charge on any atom is 0.478 e. The molecule has 0 bridgehead atoms. The lowest BCUT2D eigenvalue weighted by Crippen LogP contribution is -2.71. The number of anilines is 1. The summed E-state index contributed by atoms with van der Waals surface area (Å²) in [6.45, 7) is 1.57. The Balaban J connectivity index is 1.30. The van der Waals surface area contributed by atoms with Crippen LogP contribution in [0.25, 0.3) is 11.3 Å². The monoisotopic (exact) mass is 764 g/mol. The number of pyridine rings is 1. The lowest BCUT2D eigenvalue weighted by atomic mass is 10.0. The van der Waals surface area contributed by atoms with Gasteiger partial charge in [-0.1, -0.05) is 16.9 Å². The van der Waals surface area contributed by atoms with Gasteiger partial charge in [-0.2, -0.15) is 13.7 Å². The number of carboxylic acid groups (broad SMARTS) is 1. The average molecular weight is 765 g/mol. The van der Waals surface area contributed by atoms with Crippen LogP contribution < -0.4 is 20.1 Å². The van der Waals surface area contributed by atoms with Crippen molar-refractivity contribution in [1.82, 2.24) is 24.6 Å². The summed E-state index contributed by atoms with van der Waals surface area (Å²) in [5.41, 5.74) is 0.707. The topological polar surface area (TPSA) is 270 Å². The minimum absolute atomic E-state index is 0.00743. The number of phosphoric acid groups is 1. The summed E-state index contributed by atoms with van der Waals surface area (Å²) >= 11 is 4.06. The third-order valence-corrected chi connectivity index (χ3v) is 12.5. The molecule has 1 fully saturated rings. The number of oxime groups is 1. The fourth-order valence-electron chi connectivity index (χ4n) is 4.05. The molecule has 2 aliphatic rings. The highest BCUT2D eigenvalue weighted by Crippen LogP contribution is 2.56. The number of aliphatic carboxylic acids is 1. The van der Waals surface area contributed by atoms with Gasteiger partial charge in [0.2, 0.25) is 16.7 Å². The van der Waals surface area contributed by atoms with E-state index in [1.54, 1.807) is 12.0 Å². The van der Waals surface area contributed by atoms with Crippen LogP contribution >= 0.6 is 62.0 Å². The van der Waals surface area contributed by atoms with E-state index >= 15 is 0 Å². The summed E-state index contributed by atoms with van der Waals surface area (Å²) in [6, 6.07) is 2.61. The number of rotatable bonds is 13. The molecule has 2 unspecified atom stereocenters. The van der Waals surface area contributed by atoms with E-state index in [1.165, 1.54) is 23.1 Å². The maximum absolute atomic E-state index is 13.2. The zero-order valence-corrected chi connectivity index (χ0v) is 28.8. The number of β-lactam (4-membered cyclic amide) rings is 1. The van der Waals surface area contributed by atoms with E-state index in [0.29, 0.717) is 26.5 Å². The first-order chi connectivity index (χ1) is 22.2. The van der Waals surface area contributed by atoms with Crippen molar-refractivity contribution in [3.8, 4) is 11.3 Å². The van der Waals surface area contributed by atoms with Gasteiger partial charge in [0.15, 0.2) is 16.7 Å². The van der Waals surface area contributed by atoms with Crippen LogP contribution in [0.1, 0.15) is 12.7 Å². The molecular formula is C22H22N8O11P2S4. The van der Waals surface area contributed by atoms with Gasteiger partial charge in [0.25, 0.3) is 11.8 Å². The smallest absolute Gasteiger partial charge is 0.478 e. The van der Waals surface area contributed by atoms with Crippen LogP contribution in [0.3, 0.4) is 0 Å². The first-order valence-electron chi connectivity index (χ1n) is 12.9. The van der Waals surface area contributed by atoms with Crippen molar-refractivity contribution < 1.29 is 57.0 Å². The number of nitrogens with one attached hydrogen (secondary N) is 2. The Kier molecular flexibility index (Phi) is 10.5. The number of hydrogen-bond donors (Lipinski definition) is 5. The number of carboxylic acids is 1. The molecule has 5 heterocycles. The minimum atomic E-state index is -5.36. The van der Waals surface area contributed by atoms with Gasteiger partial charge < -0.3 is 34.7 Å². The number of thioether (sulfide) groups is 2.